The Morgan fingerprint density at radius 3 is 2.81 bits per heavy atom. The number of hydrogen-bond donors (Lipinski definition) is 1. The third-order valence-electron chi connectivity index (χ3n) is 5.50. The Hall–Kier alpha value is -2.25. The molecule has 0 aromatic carbocycles. The molecule has 1 aliphatic heterocycles. The first kappa shape index (κ1) is 16.9. The summed E-state index contributed by atoms with van der Waals surface area (Å²) in [5, 5.41) is 5.31. The number of rotatable bonds is 5. The Bertz CT molecular complexity index is 939. The molecule has 1 aliphatic carbocycles. The normalized spacial score (nSPS) is 18.8. The molecule has 5 rings (SSSR count). The van der Waals surface area contributed by atoms with E-state index in [1.807, 2.05) is 23.7 Å². The van der Waals surface area contributed by atoms with Gasteiger partial charge in [-0.2, -0.15) is 0 Å². The number of thiophene rings is 1. The van der Waals surface area contributed by atoms with Crippen LogP contribution in [0.15, 0.2) is 36.1 Å². The summed E-state index contributed by atoms with van der Waals surface area (Å²) >= 11 is 1.81. The van der Waals surface area contributed by atoms with Crippen molar-refractivity contribution in [3.63, 3.8) is 0 Å². The van der Waals surface area contributed by atoms with E-state index in [1.54, 1.807) is 6.20 Å². The van der Waals surface area contributed by atoms with E-state index in [0.717, 1.165) is 43.6 Å². The lowest BCUT2D eigenvalue weighted by atomic mass is 10.0. The molecule has 1 saturated carbocycles. The van der Waals surface area contributed by atoms with E-state index in [-0.39, 0.29) is 11.9 Å². The van der Waals surface area contributed by atoms with Crippen molar-refractivity contribution in [3.8, 4) is 0 Å². The summed E-state index contributed by atoms with van der Waals surface area (Å²) in [6.45, 7) is 3.06. The smallest absolute Gasteiger partial charge is 0.253 e. The van der Waals surface area contributed by atoms with Crippen LogP contribution in [0.5, 0.6) is 0 Å². The van der Waals surface area contributed by atoms with Crippen molar-refractivity contribution < 1.29 is 4.79 Å². The van der Waals surface area contributed by atoms with E-state index in [2.05, 4.69) is 42.3 Å². The van der Waals surface area contributed by atoms with Gasteiger partial charge in [-0.25, -0.2) is 9.97 Å². The molecule has 140 valence electrons. The Kier molecular flexibility index (Phi) is 4.41. The number of carbonyl (C=O) groups is 1. The minimum absolute atomic E-state index is 0.0397. The third kappa shape index (κ3) is 3.61. The van der Waals surface area contributed by atoms with Crippen molar-refractivity contribution in [2.24, 2.45) is 0 Å². The highest BCUT2D eigenvalue weighted by Crippen LogP contribution is 2.36. The molecular weight excluding hydrogens is 358 g/mol. The Balaban J connectivity index is 1.19. The molecule has 1 N–H and O–H groups in total. The fraction of sp³-hybridized carbons (Fsp3) is 0.450. The minimum Gasteiger partial charge on any atom is -0.349 e. The van der Waals surface area contributed by atoms with Crippen molar-refractivity contribution in [1.29, 1.82) is 0 Å². The van der Waals surface area contributed by atoms with E-state index >= 15 is 0 Å². The molecular formula is C20H23N5OS. The second-order valence-electron chi connectivity index (χ2n) is 7.55. The molecule has 0 atom stereocenters. The molecule has 2 fully saturated rings. The van der Waals surface area contributed by atoms with Crippen LogP contribution in [-0.2, 0) is 6.54 Å². The predicted octanol–water partition coefficient (Wildman–Crippen LogP) is 3.22. The van der Waals surface area contributed by atoms with E-state index in [9.17, 15) is 4.79 Å². The van der Waals surface area contributed by atoms with Gasteiger partial charge in [-0.1, -0.05) is 6.07 Å². The van der Waals surface area contributed by atoms with Crippen LogP contribution in [0.1, 0.15) is 47.0 Å². The molecule has 0 spiro atoms. The van der Waals surface area contributed by atoms with Crippen LogP contribution in [0, 0.1) is 0 Å². The van der Waals surface area contributed by atoms with Gasteiger partial charge in [0.2, 0.25) is 0 Å². The SMILES string of the molecule is O=C(NC1CCN(Cc2cccs2)CC1)c1cnc2c(c1)ncn2C1CC1. The summed E-state index contributed by atoms with van der Waals surface area (Å²) in [5.74, 6) is -0.0397. The Labute approximate surface area is 162 Å². The average Bonchev–Trinajstić information content (AvgIpc) is 3.24. The van der Waals surface area contributed by atoms with Crippen molar-refractivity contribution in [2.75, 3.05) is 13.1 Å². The van der Waals surface area contributed by atoms with E-state index in [1.165, 1.54) is 17.7 Å². The Morgan fingerprint density at radius 2 is 2.07 bits per heavy atom. The molecule has 4 heterocycles. The quantitative estimate of drug-likeness (QED) is 0.737. The number of imidazole rings is 1. The number of pyridine rings is 1. The number of likely N-dealkylation sites (tertiary alicyclic amines) is 1. The second-order valence-corrected chi connectivity index (χ2v) is 8.59. The van der Waals surface area contributed by atoms with Crippen molar-refractivity contribution in [1.82, 2.24) is 24.8 Å². The fourth-order valence-electron chi connectivity index (χ4n) is 3.79. The van der Waals surface area contributed by atoms with Crippen LogP contribution in [-0.4, -0.2) is 44.5 Å². The fourth-order valence-corrected chi connectivity index (χ4v) is 4.54. The molecule has 2 aliphatic rings. The summed E-state index contributed by atoms with van der Waals surface area (Å²) < 4.78 is 2.13. The lowest BCUT2D eigenvalue weighted by Gasteiger charge is -2.32. The van der Waals surface area contributed by atoms with E-state index in [0.29, 0.717) is 11.6 Å². The minimum atomic E-state index is -0.0397. The monoisotopic (exact) mass is 381 g/mol. The standard InChI is InChI=1S/C20H23N5OS/c26-20(14-10-18-19(21-11-14)25(13-22-18)16-3-4-16)23-15-5-7-24(8-6-15)12-17-2-1-9-27-17/h1-2,9-11,13,15-16H,3-8,12H2,(H,23,26). The maximum absolute atomic E-state index is 12.6. The summed E-state index contributed by atoms with van der Waals surface area (Å²) in [4.78, 5) is 25.5. The number of amides is 1. The zero-order valence-corrected chi connectivity index (χ0v) is 16.0. The first-order valence-corrected chi connectivity index (χ1v) is 10.5. The van der Waals surface area contributed by atoms with Gasteiger partial charge in [-0.05, 0) is 43.2 Å². The van der Waals surface area contributed by atoms with Gasteiger partial charge < -0.3 is 9.88 Å². The summed E-state index contributed by atoms with van der Waals surface area (Å²) in [5.41, 5.74) is 2.29. The largest absolute Gasteiger partial charge is 0.349 e. The lowest BCUT2D eigenvalue weighted by Crippen LogP contribution is -2.44. The van der Waals surface area contributed by atoms with Crippen molar-refractivity contribution >= 4 is 28.4 Å². The van der Waals surface area contributed by atoms with Crippen LogP contribution < -0.4 is 5.32 Å². The van der Waals surface area contributed by atoms with Crippen LogP contribution >= 0.6 is 11.3 Å². The molecule has 1 amide bonds. The highest BCUT2D eigenvalue weighted by molar-refractivity contribution is 7.09. The van der Waals surface area contributed by atoms with E-state index in [4.69, 9.17) is 0 Å². The number of nitrogens with one attached hydrogen (secondary N) is 1. The molecule has 0 unspecified atom stereocenters. The molecule has 0 bridgehead atoms. The average molecular weight is 382 g/mol. The molecule has 27 heavy (non-hydrogen) atoms. The molecule has 3 aromatic heterocycles. The maximum atomic E-state index is 12.6. The summed E-state index contributed by atoms with van der Waals surface area (Å²) in [7, 11) is 0. The number of carbonyl (C=O) groups excluding carboxylic acids is 1. The maximum Gasteiger partial charge on any atom is 0.253 e. The first-order chi connectivity index (χ1) is 13.3. The van der Waals surface area contributed by atoms with Gasteiger partial charge in [0.05, 0.1) is 11.9 Å². The topological polar surface area (TPSA) is 63.1 Å². The predicted molar refractivity (Wildman–Crippen MR) is 106 cm³/mol. The van der Waals surface area contributed by atoms with Gasteiger partial charge in [0.15, 0.2) is 5.65 Å². The highest BCUT2D eigenvalue weighted by Gasteiger charge is 2.26. The molecule has 0 radical (unpaired) electrons. The number of fused-ring (bicyclic) bond motifs is 1. The Morgan fingerprint density at radius 1 is 1.22 bits per heavy atom. The van der Waals surface area contributed by atoms with Gasteiger partial charge in [-0.15, -0.1) is 11.3 Å². The van der Waals surface area contributed by atoms with Gasteiger partial charge >= 0.3 is 0 Å². The zero-order chi connectivity index (χ0) is 18.2. The second kappa shape index (κ2) is 7.05. The number of aromatic nitrogens is 3. The molecule has 7 heteroatoms. The number of nitrogens with zero attached hydrogens (tertiary/aromatic N) is 4. The van der Waals surface area contributed by atoms with Crippen LogP contribution in [0.2, 0.25) is 0 Å². The van der Waals surface area contributed by atoms with Crippen LogP contribution in [0.3, 0.4) is 0 Å². The van der Waals surface area contributed by atoms with Gasteiger partial charge in [0.1, 0.15) is 5.52 Å². The molecule has 3 aromatic rings. The van der Waals surface area contributed by atoms with Crippen LogP contribution in [0.25, 0.3) is 11.2 Å². The molecule has 6 nitrogen and oxygen atoms in total. The van der Waals surface area contributed by atoms with Gasteiger partial charge in [0.25, 0.3) is 5.91 Å². The highest BCUT2D eigenvalue weighted by atomic mass is 32.1. The first-order valence-electron chi connectivity index (χ1n) is 9.64. The third-order valence-corrected chi connectivity index (χ3v) is 6.36. The molecule has 1 saturated heterocycles. The lowest BCUT2D eigenvalue weighted by molar-refractivity contribution is 0.0909. The van der Waals surface area contributed by atoms with E-state index < -0.39 is 0 Å². The number of hydrogen-bond acceptors (Lipinski definition) is 5. The summed E-state index contributed by atoms with van der Waals surface area (Å²) in [6, 6.07) is 6.93. The van der Waals surface area contributed by atoms with Crippen molar-refractivity contribution in [3.05, 3.63) is 46.5 Å². The van der Waals surface area contributed by atoms with Gasteiger partial charge in [0, 0.05) is 42.8 Å². The van der Waals surface area contributed by atoms with Gasteiger partial charge in [-0.3, -0.25) is 9.69 Å². The van der Waals surface area contributed by atoms with Crippen molar-refractivity contribution in [2.45, 2.75) is 44.3 Å². The summed E-state index contributed by atoms with van der Waals surface area (Å²) in [6.07, 6.45) is 7.90. The van der Waals surface area contributed by atoms with Crippen LogP contribution in [0.4, 0.5) is 0 Å². The zero-order valence-electron chi connectivity index (χ0n) is 15.2. The number of piperidine rings is 1.